The molecule has 0 saturated heterocycles. The highest BCUT2D eigenvalue weighted by Gasteiger charge is 2.30. The standard InChI is InChI=1S/C76H148O17P2/c1-9-68(7)54-46-38-30-23-19-17-15-13-11-12-14-16-18-20-24-32-42-50-58-75(80)92-71(62-86-73(78)56-48-40-31-27-26-29-37-45-53-67(5)6)64-90-94(82,83)88-60-70(77)61-89-95(84,85)91-65-72(63-87-74(79)57-49-41-35-34-39-47-55-69(8)10-2)93-76(81)59-51-43-33-25-21-22-28-36-44-52-66(3)4/h66-72,77H,9-65H2,1-8H3,(H,82,83)(H,84,85)/t68?,69?,70-,71-,72-/m1/s1. The van der Waals surface area contributed by atoms with E-state index in [9.17, 15) is 43.2 Å². The van der Waals surface area contributed by atoms with Crippen LogP contribution in [-0.2, 0) is 65.4 Å². The molecule has 0 aliphatic heterocycles. The number of ether oxygens (including phenoxy) is 4. The van der Waals surface area contributed by atoms with E-state index in [1.165, 1.54) is 180 Å². The van der Waals surface area contributed by atoms with Crippen LogP contribution in [-0.4, -0.2) is 96.7 Å². The van der Waals surface area contributed by atoms with Crippen LogP contribution in [0.2, 0.25) is 0 Å². The van der Waals surface area contributed by atoms with E-state index in [4.69, 9.17) is 37.0 Å². The molecule has 0 aliphatic rings. The van der Waals surface area contributed by atoms with Crippen molar-refractivity contribution in [1.82, 2.24) is 0 Å². The summed E-state index contributed by atoms with van der Waals surface area (Å²) in [6.07, 6.45) is 50.1. The monoisotopic (exact) mass is 1400 g/mol. The van der Waals surface area contributed by atoms with Crippen LogP contribution in [0.3, 0.4) is 0 Å². The molecule has 0 heterocycles. The number of aliphatic hydroxyl groups is 1. The molecule has 0 spiro atoms. The fourth-order valence-corrected chi connectivity index (χ4v) is 13.1. The van der Waals surface area contributed by atoms with Gasteiger partial charge in [-0.15, -0.1) is 0 Å². The molecule has 0 radical (unpaired) electrons. The number of hydrogen-bond donors (Lipinski definition) is 3. The normalized spacial score (nSPS) is 14.7. The van der Waals surface area contributed by atoms with Crippen molar-refractivity contribution in [2.24, 2.45) is 23.7 Å². The van der Waals surface area contributed by atoms with Crippen molar-refractivity contribution in [1.29, 1.82) is 0 Å². The van der Waals surface area contributed by atoms with Crippen molar-refractivity contribution >= 4 is 39.5 Å². The van der Waals surface area contributed by atoms with E-state index in [1.54, 1.807) is 0 Å². The lowest BCUT2D eigenvalue weighted by molar-refractivity contribution is -0.161. The number of carbonyl (C=O) groups is 4. The third-order valence-corrected chi connectivity index (χ3v) is 20.2. The molecule has 0 bridgehead atoms. The van der Waals surface area contributed by atoms with Gasteiger partial charge in [-0.2, -0.15) is 0 Å². The zero-order valence-electron chi connectivity index (χ0n) is 62.3. The van der Waals surface area contributed by atoms with E-state index in [1.807, 2.05) is 0 Å². The molecular formula is C76H148O17P2. The number of hydrogen-bond acceptors (Lipinski definition) is 15. The first-order valence-corrected chi connectivity index (χ1v) is 42.3. The number of phosphoric ester groups is 2. The summed E-state index contributed by atoms with van der Waals surface area (Å²) in [6, 6.07) is 0. The lowest BCUT2D eigenvalue weighted by atomic mass is 9.99. The predicted molar refractivity (Wildman–Crippen MR) is 386 cm³/mol. The largest absolute Gasteiger partial charge is 0.472 e. The van der Waals surface area contributed by atoms with Crippen molar-refractivity contribution < 1.29 is 80.2 Å². The fraction of sp³-hybridized carbons (Fsp3) is 0.947. The summed E-state index contributed by atoms with van der Waals surface area (Å²) in [6.45, 7) is 14.2. The Morgan fingerprint density at radius 1 is 0.295 bits per heavy atom. The van der Waals surface area contributed by atoms with Gasteiger partial charge in [0.2, 0.25) is 0 Å². The number of carbonyl (C=O) groups excluding carboxylic acids is 4. The van der Waals surface area contributed by atoms with Crippen LogP contribution < -0.4 is 0 Å². The number of phosphoric acid groups is 2. The summed E-state index contributed by atoms with van der Waals surface area (Å²) in [5.74, 6) is 0.940. The maximum absolute atomic E-state index is 13.1. The molecule has 4 unspecified atom stereocenters. The second-order valence-corrected chi connectivity index (χ2v) is 31.7. The van der Waals surface area contributed by atoms with Gasteiger partial charge in [-0.1, -0.05) is 331 Å². The van der Waals surface area contributed by atoms with E-state index in [0.29, 0.717) is 25.7 Å². The van der Waals surface area contributed by atoms with Crippen molar-refractivity contribution in [2.45, 2.75) is 401 Å². The minimum Gasteiger partial charge on any atom is -0.462 e. The van der Waals surface area contributed by atoms with Crippen LogP contribution in [0.5, 0.6) is 0 Å². The van der Waals surface area contributed by atoms with Crippen molar-refractivity contribution in [3.63, 3.8) is 0 Å². The Balaban J connectivity index is 5.18. The van der Waals surface area contributed by atoms with E-state index in [2.05, 4.69) is 55.4 Å². The highest BCUT2D eigenvalue weighted by molar-refractivity contribution is 7.47. The van der Waals surface area contributed by atoms with Gasteiger partial charge < -0.3 is 33.8 Å². The molecular weight excluding hydrogens is 1250 g/mol. The van der Waals surface area contributed by atoms with Gasteiger partial charge in [0, 0.05) is 25.7 Å². The van der Waals surface area contributed by atoms with E-state index < -0.39 is 97.5 Å². The van der Waals surface area contributed by atoms with Crippen molar-refractivity contribution in [3.8, 4) is 0 Å². The Kier molecular flexibility index (Phi) is 64.0. The molecule has 0 saturated carbocycles. The maximum Gasteiger partial charge on any atom is 0.472 e. The van der Waals surface area contributed by atoms with Crippen LogP contribution >= 0.6 is 15.6 Å². The number of rotatable bonds is 73. The van der Waals surface area contributed by atoms with Gasteiger partial charge in [-0.3, -0.25) is 37.3 Å². The first-order chi connectivity index (χ1) is 45.7. The van der Waals surface area contributed by atoms with E-state index in [-0.39, 0.29) is 25.7 Å². The molecule has 0 aromatic carbocycles. The molecule has 564 valence electrons. The topological polar surface area (TPSA) is 237 Å². The number of aliphatic hydroxyl groups excluding tert-OH is 1. The Hall–Kier alpha value is -1.94. The van der Waals surface area contributed by atoms with Gasteiger partial charge in [-0.05, 0) is 49.4 Å². The Morgan fingerprint density at radius 3 is 0.747 bits per heavy atom. The summed E-state index contributed by atoms with van der Waals surface area (Å²) in [5, 5.41) is 10.6. The van der Waals surface area contributed by atoms with Crippen LogP contribution in [0.4, 0.5) is 0 Å². The molecule has 0 rings (SSSR count). The highest BCUT2D eigenvalue weighted by Crippen LogP contribution is 2.45. The molecule has 7 atom stereocenters. The first-order valence-electron chi connectivity index (χ1n) is 39.3. The zero-order chi connectivity index (χ0) is 70.3. The molecule has 17 nitrogen and oxygen atoms in total. The van der Waals surface area contributed by atoms with E-state index in [0.717, 1.165) is 120 Å². The summed E-state index contributed by atoms with van der Waals surface area (Å²) in [4.78, 5) is 72.7. The summed E-state index contributed by atoms with van der Waals surface area (Å²) in [5.41, 5.74) is 0. The smallest absolute Gasteiger partial charge is 0.462 e. The van der Waals surface area contributed by atoms with Crippen molar-refractivity contribution in [2.75, 3.05) is 39.6 Å². The third kappa shape index (κ3) is 67.6. The molecule has 0 amide bonds. The van der Waals surface area contributed by atoms with Gasteiger partial charge >= 0.3 is 39.5 Å². The minimum atomic E-state index is -4.96. The average molecular weight is 1400 g/mol. The lowest BCUT2D eigenvalue weighted by Crippen LogP contribution is -2.30. The quantitative estimate of drug-likeness (QED) is 0.0222. The fourth-order valence-electron chi connectivity index (χ4n) is 11.5. The summed E-state index contributed by atoms with van der Waals surface area (Å²) < 4.78 is 68.4. The second-order valence-electron chi connectivity index (χ2n) is 28.8. The molecule has 95 heavy (non-hydrogen) atoms. The van der Waals surface area contributed by atoms with Crippen LogP contribution in [0.25, 0.3) is 0 Å². The van der Waals surface area contributed by atoms with Gasteiger partial charge in [-0.25, -0.2) is 9.13 Å². The van der Waals surface area contributed by atoms with Crippen LogP contribution in [0, 0.1) is 23.7 Å². The highest BCUT2D eigenvalue weighted by atomic mass is 31.2. The number of unbranched alkanes of at least 4 members (excludes halogenated alkanes) is 37. The van der Waals surface area contributed by atoms with Gasteiger partial charge in [0.15, 0.2) is 12.2 Å². The Morgan fingerprint density at radius 2 is 0.505 bits per heavy atom. The second kappa shape index (κ2) is 65.4. The van der Waals surface area contributed by atoms with Crippen LogP contribution in [0.1, 0.15) is 383 Å². The molecule has 19 heteroatoms. The lowest BCUT2D eigenvalue weighted by Gasteiger charge is -2.21. The van der Waals surface area contributed by atoms with Crippen LogP contribution in [0.15, 0.2) is 0 Å². The third-order valence-electron chi connectivity index (χ3n) is 18.3. The Bertz CT molecular complexity index is 1870. The minimum absolute atomic E-state index is 0.104. The summed E-state index contributed by atoms with van der Waals surface area (Å²) in [7, 11) is -9.91. The predicted octanol–water partition coefficient (Wildman–Crippen LogP) is 22.0. The van der Waals surface area contributed by atoms with Crippen molar-refractivity contribution in [3.05, 3.63) is 0 Å². The van der Waals surface area contributed by atoms with Gasteiger partial charge in [0.25, 0.3) is 0 Å². The maximum atomic E-state index is 13.1. The van der Waals surface area contributed by atoms with Gasteiger partial charge in [0.05, 0.1) is 26.4 Å². The van der Waals surface area contributed by atoms with E-state index >= 15 is 0 Å². The molecule has 3 N–H and O–H groups in total. The molecule has 0 aliphatic carbocycles. The number of esters is 4. The van der Waals surface area contributed by atoms with Gasteiger partial charge in [0.1, 0.15) is 19.3 Å². The summed E-state index contributed by atoms with van der Waals surface area (Å²) >= 11 is 0. The Labute approximate surface area is 581 Å². The molecule has 0 aromatic rings. The first kappa shape index (κ1) is 93.1. The molecule has 0 aromatic heterocycles. The molecule has 0 fully saturated rings. The average Bonchev–Trinajstić information content (AvgIpc) is 1.29. The SMILES string of the molecule is CCC(C)CCCCCCCCCCCCCCCCCCCCC(=O)O[C@H](COC(=O)CCCCCCCCCCC(C)C)COP(=O)(O)OC[C@@H](O)COP(=O)(O)OC[C@@H](COC(=O)CCCCCCCCC(C)CC)OC(=O)CCCCCCCCCCCC(C)C. The zero-order valence-corrected chi connectivity index (χ0v) is 64.1.